The van der Waals surface area contributed by atoms with E-state index in [2.05, 4.69) is 5.32 Å². The van der Waals surface area contributed by atoms with Crippen LogP contribution >= 0.6 is 0 Å². The lowest BCUT2D eigenvalue weighted by Crippen LogP contribution is -2.30. The molecule has 0 aromatic heterocycles. The Balaban J connectivity index is 2.73. The zero-order valence-electron chi connectivity index (χ0n) is 7.59. The third-order valence-corrected chi connectivity index (χ3v) is 1.78. The van der Waals surface area contributed by atoms with Crippen molar-refractivity contribution in [3.63, 3.8) is 0 Å². The van der Waals surface area contributed by atoms with E-state index in [-0.39, 0.29) is 13.2 Å². The molecule has 5 nitrogen and oxygen atoms in total. The summed E-state index contributed by atoms with van der Waals surface area (Å²) in [4.78, 5) is 10.3. The van der Waals surface area contributed by atoms with Crippen LogP contribution in [-0.2, 0) is 0 Å². The monoisotopic (exact) mass is 196 g/mol. The van der Waals surface area contributed by atoms with E-state index in [9.17, 15) is 10.1 Å². The third-order valence-electron chi connectivity index (χ3n) is 1.78. The average molecular weight is 196 g/mol. The van der Waals surface area contributed by atoms with E-state index in [1.807, 2.05) is 0 Å². The first-order valence-electron chi connectivity index (χ1n) is 4.28. The minimum absolute atomic E-state index is 0.114. The molecule has 1 unspecified atom stereocenters. The summed E-state index contributed by atoms with van der Waals surface area (Å²) in [5.41, 5.74) is 0.589. The first-order valence-corrected chi connectivity index (χ1v) is 4.28. The van der Waals surface area contributed by atoms with Gasteiger partial charge in [-0.15, -0.1) is 0 Å². The molecule has 0 bridgehead atoms. The van der Waals surface area contributed by atoms with Crippen molar-refractivity contribution in [2.24, 2.45) is 0 Å². The lowest BCUT2D eigenvalue weighted by atomic mass is 10.2. The molecule has 76 valence electrons. The molecule has 0 heterocycles. The maximum absolute atomic E-state index is 10.7. The molecule has 1 aromatic carbocycles. The molecule has 0 saturated heterocycles. The van der Waals surface area contributed by atoms with E-state index in [1.54, 1.807) is 30.3 Å². The van der Waals surface area contributed by atoms with Crippen molar-refractivity contribution in [1.82, 2.24) is 5.32 Å². The van der Waals surface area contributed by atoms with E-state index >= 15 is 0 Å². The van der Waals surface area contributed by atoms with E-state index < -0.39 is 11.1 Å². The van der Waals surface area contributed by atoms with Crippen LogP contribution in [0.25, 0.3) is 0 Å². The minimum atomic E-state index is -0.941. The van der Waals surface area contributed by atoms with Gasteiger partial charge in [0.05, 0.1) is 6.61 Å². The second-order valence-corrected chi connectivity index (χ2v) is 2.78. The summed E-state index contributed by atoms with van der Waals surface area (Å²) in [5.74, 6) is 0. The summed E-state index contributed by atoms with van der Waals surface area (Å²) in [6.07, 6.45) is -0.941. The Kier molecular flexibility index (Phi) is 4.03. The van der Waals surface area contributed by atoms with Crippen molar-refractivity contribution in [3.05, 3.63) is 46.0 Å². The van der Waals surface area contributed by atoms with Gasteiger partial charge in [0.15, 0.2) is 0 Å². The smallest absolute Gasteiger partial charge is 0.291 e. The quantitative estimate of drug-likeness (QED) is 0.409. The van der Waals surface area contributed by atoms with Crippen molar-refractivity contribution in [3.8, 4) is 0 Å². The van der Waals surface area contributed by atoms with Gasteiger partial charge in [0.25, 0.3) is 6.17 Å². The summed E-state index contributed by atoms with van der Waals surface area (Å²) in [5, 5.41) is 21.9. The van der Waals surface area contributed by atoms with Crippen LogP contribution in [0.1, 0.15) is 11.7 Å². The Morgan fingerprint density at radius 1 is 1.43 bits per heavy atom. The van der Waals surface area contributed by atoms with Crippen molar-refractivity contribution in [2.45, 2.75) is 6.17 Å². The van der Waals surface area contributed by atoms with Crippen molar-refractivity contribution in [1.29, 1.82) is 0 Å². The predicted octanol–water partition coefficient (Wildman–Crippen LogP) is 0.544. The lowest BCUT2D eigenvalue weighted by Gasteiger charge is -2.09. The van der Waals surface area contributed by atoms with Gasteiger partial charge in [-0.1, -0.05) is 30.3 Å². The van der Waals surface area contributed by atoms with Crippen LogP contribution in [-0.4, -0.2) is 23.2 Å². The highest BCUT2D eigenvalue weighted by Crippen LogP contribution is 2.11. The topological polar surface area (TPSA) is 75.4 Å². The van der Waals surface area contributed by atoms with E-state index in [1.165, 1.54) is 0 Å². The van der Waals surface area contributed by atoms with Crippen LogP contribution in [0.2, 0.25) is 0 Å². The number of aliphatic hydroxyl groups is 1. The molecular weight excluding hydrogens is 184 g/mol. The molecule has 14 heavy (non-hydrogen) atoms. The molecule has 0 aliphatic rings. The Morgan fingerprint density at radius 3 is 2.57 bits per heavy atom. The van der Waals surface area contributed by atoms with Crippen LogP contribution in [0.5, 0.6) is 0 Å². The average Bonchev–Trinajstić information content (AvgIpc) is 2.19. The third kappa shape index (κ3) is 2.79. The van der Waals surface area contributed by atoms with Crippen molar-refractivity contribution < 1.29 is 10.0 Å². The Labute approximate surface area is 81.5 Å². The fourth-order valence-electron chi connectivity index (χ4n) is 1.15. The summed E-state index contributed by atoms with van der Waals surface area (Å²) in [6, 6.07) is 8.64. The number of nitrogens with one attached hydrogen (secondary N) is 1. The number of hydrogen-bond acceptors (Lipinski definition) is 4. The Bertz CT molecular complexity index is 289. The van der Waals surface area contributed by atoms with Gasteiger partial charge in [0.1, 0.15) is 0 Å². The van der Waals surface area contributed by atoms with Crippen molar-refractivity contribution in [2.75, 3.05) is 13.2 Å². The lowest BCUT2D eigenvalue weighted by molar-refractivity contribution is -0.536. The van der Waals surface area contributed by atoms with Gasteiger partial charge in [-0.2, -0.15) is 0 Å². The fourth-order valence-corrected chi connectivity index (χ4v) is 1.15. The van der Waals surface area contributed by atoms with Gasteiger partial charge in [0.2, 0.25) is 0 Å². The van der Waals surface area contributed by atoms with Crippen LogP contribution in [0.15, 0.2) is 30.3 Å². The largest absolute Gasteiger partial charge is 0.395 e. The first-order chi connectivity index (χ1) is 6.75. The van der Waals surface area contributed by atoms with Crippen LogP contribution in [0, 0.1) is 10.1 Å². The highest BCUT2D eigenvalue weighted by atomic mass is 16.6. The molecule has 0 aliphatic heterocycles. The molecule has 0 radical (unpaired) electrons. The van der Waals surface area contributed by atoms with Gasteiger partial charge in [-0.25, -0.2) is 5.32 Å². The molecule has 1 aromatic rings. The second-order valence-electron chi connectivity index (χ2n) is 2.78. The molecule has 5 heteroatoms. The first kappa shape index (κ1) is 10.6. The minimum Gasteiger partial charge on any atom is -0.395 e. The summed E-state index contributed by atoms with van der Waals surface area (Å²) in [7, 11) is 0. The standard InChI is InChI=1S/C9H12N2O3/c12-7-6-10-9(11(13)14)8-4-2-1-3-5-8/h1-5,9-10,12H,6-7H2. The zero-order valence-corrected chi connectivity index (χ0v) is 7.59. The van der Waals surface area contributed by atoms with E-state index in [0.717, 1.165) is 0 Å². The number of rotatable bonds is 5. The molecule has 0 fully saturated rings. The van der Waals surface area contributed by atoms with Crippen LogP contribution < -0.4 is 5.32 Å². The highest BCUT2D eigenvalue weighted by Gasteiger charge is 2.20. The normalized spacial score (nSPS) is 12.4. The molecule has 0 amide bonds. The molecular formula is C9H12N2O3. The van der Waals surface area contributed by atoms with Crippen molar-refractivity contribution >= 4 is 0 Å². The summed E-state index contributed by atoms with van der Waals surface area (Å²) < 4.78 is 0. The zero-order chi connectivity index (χ0) is 10.4. The van der Waals surface area contributed by atoms with Gasteiger partial charge in [0, 0.05) is 17.0 Å². The number of nitro groups is 1. The maximum atomic E-state index is 10.7. The SMILES string of the molecule is O=[N+]([O-])C(NCCO)c1ccccc1. The highest BCUT2D eigenvalue weighted by molar-refractivity contribution is 5.16. The second kappa shape index (κ2) is 5.31. The predicted molar refractivity (Wildman–Crippen MR) is 51.3 cm³/mol. The molecule has 1 atom stereocenters. The summed E-state index contributed by atoms with van der Waals surface area (Å²) in [6.45, 7) is 0.0950. The van der Waals surface area contributed by atoms with Crippen LogP contribution in [0.3, 0.4) is 0 Å². The maximum Gasteiger partial charge on any atom is 0.291 e. The fraction of sp³-hybridized carbons (Fsp3) is 0.333. The van der Waals surface area contributed by atoms with E-state index in [0.29, 0.717) is 5.56 Å². The molecule has 0 spiro atoms. The Morgan fingerprint density at radius 2 is 2.07 bits per heavy atom. The van der Waals surface area contributed by atoms with Gasteiger partial charge >= 0.3 is 0 Å². The molecule has 2 N–H and O–H groups in total. The number of nitrogens with zero attached hydrogens (tertiary/aromatic N) is 1. The number of hydrogen-bond donors (Lipinski definition) is 2. The van der Waals surface area contributed by atoms with Gasteiger partial charge in [-0.3, -0.25) is 10.1 Å². The number of benzene rings is 1. The summed E-state index contributed by atoms with van der Waals surface area (Å²) >= 11 is 0. The Hall–Kier alpha value is -1.46. The van der Waals surface area contributed by atoms with E-state index in [4.69, 9.17) is 5.11 Å². The van der Waals surface area contributed by atoms with Gasteiger partial charge < -0.3 is 5.11 Å². The van der Waals surface area contributed by atoms with Gasteiger partial charge in [-0.05, 0) is 0 Å². The van der Waals surface area contributed by atoms with Crippen LogP contribution in [0.4, 0.5) is 0 Å². The number of aliphatic hydroxyl groups excluding tert-OH is 1. The molecule has 1 rings (SSSR count). The molecule has 0 aliphatic carbocycles. The molecule has 0 saturated carbocycles.